The first-order valence-corrected chi connectivity index (χ1v) is 6.62. The molecule has 1 aromatic carbocycles. The van der Waals surface area contributed by atoms with E-state index in [9.17, 15) is 9.59 Å². The molecule has 0 aliphatic heterocycles. The van der Waals surface area contributed by atoms with Gasteiger partial charge in [-0.3, -0.25) is 0 Å². The second kappa shape index (κ2) is 8.93. The van der Waals surface area contributed by atoms with Gasteiger partial charge in [0.15, 0.2) is 0 Å². The molecule has 0 spiro atoms. The molecular formula is C14H20N2O5. The van der Waals surface area contributed by atoms with E-state index in [0.717, 1.165) is 5.56 Å². The topological polar surface area (TPSA) is 110 Å². The molecule has 1 aromatic rings. The van der Waals surface area contributed by atoms with Crippen molar-refractivity contribution in [3.8, 4) is 0 Å². The number of aliphatic carboxylic acids is 1. The van der Waals surface area contributed by atoms with E-state index in [1.54, 1.807) is 0 Å². The zero-order valence-corrected chi connectivity index (χ0v) is 11.6. The van der Waals surface area contributed by atoms with Gasteiger partial charge in [-0.1, -0.05) is 30.3 Å². The average Bonchev–Trinajstić information content (AvgIpc) is 2.47. The highest BCUT2D eigenvalue weighted by molar-refractivity contribution is 5.82. The Bertz CT molecular complexity index is 452. The molecule has 0 radical (unpaired) electrons. The molecule has 21 heavy (non-hydrogen) atoms. The largest absolute Gasteiger partial charge is 0.480 e. The number of hydrogen-bond donors (Lipinski definition) is 4. The molecule has 0 saturated heterocycles. The Morgan fingerprint density at radius 2 is 1.81 bits per heavy atom. The SMILES string of the molecule is O=C(O)[C@@H](CCO)NC(=O)N(CCO)Cc1ccccc1. The number of carbonyl (C=O) groups is 2. The van der Waals surface area contributed by atoms with Crippen LogP contribution in [-0.4, -0.2) is 58.0 Å². The highest BCUT2D eigenvalue weighted by atomic mass is 16.4. The molecule has 4 N–H and O–H groups in total. The van der Waals surface area contributed by atoms with E-state index in [0.29, 0.717) is 0 Å². The number of benzene rings is 1. The standard InChI is InChI=1S/C14H20N2O5/c17-8-6-12(13(19)20)15-14(21)16(7-9-18)10-11-4-2-1-3-5-11/h1-5,12,17-18H,6-10H2,(H,15,21)(H,19,20)/t12-/m1/s1. The minimum absolute atomic E-state index is 0.0701. The van der Waals surface area contributed by atoms with Crippen molar-refractivity contribution < 1.29 is 24.9 Å². The van der Waals surface area contributed by atoms with Crippen molar-refractivity contribution in [2.45, 2.75) is 19.0 Å². The lowest BCUT2D eigenvalue weighted by atomic mass is 10.2. The maximum absolute atomic E-state index is 12.1. The number of urea groups is 1. The molecule has 0 aliphatic carbocycles. The average molecular weight is 296 g/mol. The number of aliphatic hydroxyl groups is 2. The number of carboxylic acids is 1. The van der Waals surface area contributed by atoms with Crippen molar-refractivity contribution in [2.75, 3.05) is 19.8 Å². The van der Waals surface area contributed by atoms with E-state index in [1.807, 2.05) is 30.3 Å². The summed E-state index contributed by atoms with van der Waals surface area (Å²) in [6, 6.07) is 7.43. The van der Waals surface area contributed by atoms with Gasteiger partial charge < -0.3 is 25.5 Å². The molecular weight excluding hydrogens is 276 g/mol. The van der Waals surface area contributed by atoms with E-state index >= 15 is 0 Å². The van der Waals surface area contributed by atoms with Crippen LogP contribution in [-0.2, 0) is 11.3 Å². The highest BCUT2D eigenvalue weighted by Crippen LogP contribution is 2.05. The first kappa shape index (κ1) is 16.9. The Labute approximate surface area is 122 Å². The van der Waals surface area contributed by atoms with Gasteiger partial charge >= 0.3 is 12.0 Å². The van der Waals surface area contributed by atoms with Crippen molar-refractivity contribution in [3.63, 3.8) is 0 Å². The van der Waals surface area contributed by atoms with Crippen LogP contribution >= 0.6 is 0 Å². The lowest BCUT2D eigenvalue weighted by Crippen LogP contribution is -2.48. The lowest BCUT2D eigenvalue weighted by molar-refractivity contribution is -0.139. The number of hydrogen-bond acceptors (Lipinski definition) is 4. The van der Waals surface area contributed by atoms with Gasteiger partial charge in [0.05, 0.1) is 6.61 Å². The van der Waals surface area contributed by atoms with Gasteiger partial charge in [-0.2, -0.15) is 0 Å². The fourth-order valence-corrected chi connectivity index (χ4v) is 1.80. The van der Waals surface area contributed by atoms with Crippen LogP contribution in [0.1, 0.15) is 12.0 Å². The number of nitrogens with one attached hydrogen (secondary N) is 1. The summed E-state index contributed by atoms with van der Waals surface area (Å²) < 4.78 is 0. The summed E-state index contributed by atoms with van der Waals surface area (Å²) >= 11 is 0. The van der Waals surface area contributed by atoms with Crippen LogP contribution < -0.4 is 5.32 Å². The van der Waals surface area contributed by atoms with Gasteiger partial charge in [-0.05, 0) is 5.56 Å². The van der Waals surface area contributed by atoms with E-state index in [4.69, 9.17) is 15.3 Å². The van der Waals surface area contributed by atoms with Crippen LogP contribution in [0.25, 0.3) is 0 Å². The third-order valence-electron chi connectivity index (χ3n) is 2.89. The molecule has 0 aliphatic rings. The Balaban J connectivity index is 2.70. The zero-order chi connectivity index (χ0) is 15.7. The summed E-state index contributed by atoms with van der Waals surface area (Å²) in [4.78, 5) is 24.4. The summed E-state index contributed by atoms with van der Waals surface area (Å²) in [5.41, 5.74) is 0.870. The van der Waals surface area contributed by atoms with Crippen molar-refractivity contribution in [3.05, 3.63) is 35.9 Å². The summed E-state index contributed by atoms with van der Waals surface area (Å²) in [5, 5.41) is 29.1. The van der Waals surface area contributed by atoms with E-state index < -0.39 is 18.0 Å². The lowest BCUT2D eigenvalue weighted by Gasteiger charge is -2.24. The molecule has 1 rings (SSSR count). The fourth-order valence-electron chi connectivity index (χ4n) is 1.80. The molecule has 7 nitrogen and oxygen atoms in total. The summed E-state index contributed by atoms with van der Waals surface area (Å²) in [7, 11) is 0. The first-order valence-electron chi connectivity index (χ1n) is 6.62. The molecule has 7 heteroatoms. The van der Waals surface area contributed by atoms with Gasteiger partial charge in [0.1, 0.15) is 6.04 Å². The number of aliphatic hydroxyl groups excluding tert-OH is 2. The van der Waals surface area contributed by atoms with Crippen molar-refractivity contribution >= 4 is 12.0 Å². The normalized spacial score (nSPS) is 11.7. The monoisotopic (exact) mass is 296 g/mol. The Kier molecular flexibility index (Phi) is 7.20. The molecule has 0 aromatic heterocycles. The predicted octanol–water partition coefficient (Wildman–Crippen LogP) is 0.0261. The molecule has 0 fully saturated rings. The predicted molar refractivity (Wildman–Crippen MR) is 75.6 cm³/mol. The first-order chi connectivity index (χ1) is 10.1. The quantitative estimate of drug-likeness (QED) is 0.541. The molecule has 116 valence electrons. The second-order valence-electron chi connectivity index (χ2n) is 4.48. The highest BCUT2D eigenvalue weighted by Gasteiger charge is 2.22. The molecule has 0 heterocycles. The number of carbonyl (C=O) groups excluding carboxylic acids is 1. The molecule has 0 unspecified atom stereocenters. The van der Waals surface area contributed by atoms with Crippen molar-refractivity contribution in [2.24, 2.45) is 0 Å². The number of carboxylic acid groups (broad SMARTS) is 1. The van der Waals surface area contributed by atoms with E-state index in [2.05, 4.69) is 5.32 Å². The minimum atomic E-state index is -1.21. The van der Waals surface area contributed by atoms with E-state index in [1.165, 1.54) is 4.90 Å². The van der Waals surface area contributed by atoms with Gasteiger partial charge in [0.2, 0.25) is 0 Å². The van der Waals surface area contributed by atoms with Gasteiger partial charge in [-0.15, -0.1) is 0 Å². The van der Waals surface area contributed by atoms with Crippen LogP contribution in [0.5, 0.6) is 0 Å². The van der Waals surface area contributed by atoms with Crippen LogP contribution in [0, 0.1) is 0 Å². The van der Waals surface area contributed by atoms with Gasteiger partial charge in [-0.25, -0.2) is 9.59 Å². The third-order valence-corrected chi connectivity index (χ3v) is 2.89. The molecule has 0 bridgehead atoms. The smallest absolute Gasteiger partial charge is 0.326 e. The van der Waals surface area contributed by atoms with Crippen LogP contribution in [0.4, 0.5) is 4.79 Å². The third kappa shape index (κ3) is 5.80. The molecule has 2 amide bonds. The van der Waals surface area contributed by atoms with Crippen molar-refractivity contribution in [1.82, 2.24) is 10.2 Å². The maximum atomic E-state index is 12.1. The number of rotatable bonds is 8. The molecule has 0 saturated carbocycles. The maximum Gasteiger partial charge on any atom is 0.326 e. The second-order valence-corrected chi connectivity index (χ2v) is 4.48. The zero-order valence-electron chi connectivity index (χ0n) is 11.6. The summed E-state index contributed by atoms with van der Waals surface area (Å²) in [6.45, 7) is -0.210. The summed E-state index contributed by atoms with van der Waals surface area (Å²) in [6.07, 6.45) is -0.0701. The van der Waals surface area contributed by atoms with Crippen LogP contribution in [0.2, 0.25) is 0 Å². The number of nitrogens with zero attached hydrogens (tertiary/aromatic N) is 1. The van der Waals surface area contributed by atoms with Crippen molar-refractivity contribution in [1.29, 1.82) is 0 Å². The Morgan fingerprint density at radius 1 is 1.14 bits per heavy atom. The minimum Gasteiger partial charge on any atom is -0.480 e. The van der Waals surface area contributed by atoms with E-state index in [-0.39, 0.29) is 32.7 Å². The van der Waals surface area contributed by atoms with Gasteiger partial charge in [0, 0.05) is 26.1 Å². The van der Waals surface area contributed by atoms with Crippen LogP contribution in [0.15, 0.2) is 30.3 Å². The Hall–Kier alpha value is -2.12. The Morgan fingerprint density at radius 3 is 2.33 bits per heavy atom. The van der Waals surface area contributed by atoms with Crippen LogP contribution in [0.3, 0.4) is 0 Å². The summed E-state index contributed by atoms with van der Waals surface area (Å²) in [5.74, 6) is -1.21. The number of amides is 2. The van der Waals surface area contributed by atoms with Gasteiger partial charge in [0.25, 0.3) is 0 Å². The fraction of sp³-hybridized carbons (Fsp3) is 0.429. The molecule has 1 atom stereocenters.